The number of nitrogens with one attached hydrogen (secondary N) is 3. The van der Waals surface area contributed by atoms with Crippen LogP contribution < -0.4 is 16.2 Å². The molecule has 0 saturated carbocycles. The van der Waals surface area contributed by atoms with Gasteiger partial charge in [0.2, 0.25) is 5.91 Å². The van der Waals surface area contributed by atoms with Crippen LogP contribution in [0.15, 0.2) is 48.5 Å². The average Bonchev–Trinajstić information content (AvgIpc) is 2.48. The van der Waals surface area contributed by atoms with Gasteiger partial charge in [-0.3, -0.25) is 15.6 Å². The Morgan fingerprint density at radius 3 is 2.64 bits per heavy atom. The first-order chi connectivity index (χ1) is 10.5. The molecule has 0 heterocycles. The second-order valence-corrected chi connectivity index (χ2v) is 5.59. The van der Waals surface area contributed by atoms with E-state index < -0.39 is 0 Å². The van der Waals surface area contributed by atoms with E-state index in [1.165, 1.54) is 0 Å². The van der Waals surface area contributed by atoms with E-state index in [0.717, 1.165) is 16.8 Å². The van der Waals surface area contributed by atoms with Crippen molar-refractivity contribution in [3.63, 3.8) is 0 Å². The molecule has 6 heteroatoms. The van der Waals surface area contributed by atoms with Gasteiger partial charge in [-0.25, -0.2) is 0 Å². The van der Waals surface area contributed by atoms with Gasteiger partial charge >= 0.3 is 0 Å². The summed E-state index contributed by atoms with van der Waals surface area (Å²) in [7, 11) is 0. The highest BCUT2D eigenvalue weighted by Gasteiger charge is 2.06. The first-order valence-corrected chi connectivity index (χ1v) is 7.49. The Balaban J connectivity index is 1.81. The first-order valence-electron chi connectivity index (χ1n) is 6.70. The molecule has 2 rings (SSSR count). The Kier molecular flexibility index (Phi) is 5.75. The Hall–Kier alpha value is -2.11. The molecule has 0 aliphatic rings. The van der Waals surface area contributed by atoms with Gasteiger partial charge in [-0.1, -0.05) is 41.9 Å². The summed E-state index contributed by atoms with van der Waals surface area (Å²) in [6.07, 6.45) is 0.291. The van der Waals surface area contributed by atoms with Crippen LogP contribution in [0.5, 0.6) is 0 Å². The first kappa shape index (κ1) is 16.3. The van der Waals surface area contributed by atoms with Gasteiger partial charge < -0.3 is 5.32 Å². The number of amides is 1. The Labute approximate surface area is 139 Å². The molecule has 0 aliphatic carbocycles. The maximum absolute atomic E-state index is 11.9. The van der Waals surface area contributed by atoms with E-state index in [-0.39, 0.29) is 5.91 Å². The molecule has 4 nitrogen and oxygen atoms in total. The molecule has 0 radical (unpaired) electrons. The van der Waals surface area contributed by atoms with Crippen LogP contribution in [0.3, 0.4) is 0 Å². The van der Waals surface area contributed by atoms with Crippen molar-refractivity contribution < 1.29 is 4.79 Å². The zero-order chi connectivity index (χ0) is 15.9. The normalized spacial score (nSPS) is 9.91. The van der Waals surface area contributed by atoms with Crippen LogP contribution >= 0.6 is 23.8 Å². The largest absolute Gasteiger partial charge is 0.331 e. The van der Waals surface area contributed by atoms with Crippen LogP contribution in [-0.4, -0.2) is 11.0 Å². The molecule has 2 aromatic carbocycles. The molecule has 1 amide bonds. The van der Waals surface area contributed by atoms with Crippen molar-refractivity contribution in [2.24, 2.45) is 0 Å². The quantitative estimate of drug-likeness (QED) is 0.596. The summed E-state index contributed by atoms with van der Waals surface area (Å²) in [6, 6.07) is 14.9. The molecular formula is C16H16ClN3OS. The molecule has 0 bridgehead atoms. The van der Waals surface area contributed by atoms with Crippen LogP contribution in [0.4, 0.5) is 5.69 Å². The monoisotopic (exact) mass is 333 g/mol. The molecule has 0 fully saturated rings. The van der Waals surface area contributed by atoms with E-state index in [4.69, 9.17) is 23.8 Å². The minimum absolute atomic E-state index is 0.162. The van der Waals surface area contributed by atoms with Crippen molar-refractivity contribution in [3.05, 3.63) is 64.7 Å². The number of rotatable bonds is 3. The van der Waals surface area contributed by atoms with Crippen molar-refractivity contribution >= 4 is 40.5 Å². The number of thiocarbonyl (C=S) groups is 1. The molecule has 0 aromatic heterocycles. The number of hydrogen-bond acceptors (Lipinski definition) is 2. The van der Waals surface area contributed by atoms with Gasteiger partial charge in [-0.05, 0) is 48.5 Å². The van der Waals surface area contributed by atoms with E-state index >= 15 is 0 Å². The van der Waals surface area contributed by atoms with Crippen molar-refractivity contribution in [1.82, 2.24) is 10.9 Å². The number of benzene rings is 2. The highest BCUT2D eigenvalue weighted by Crippen LogP contribution is 2.14. The molecule has 0 spiro atoms. The third-order valence-corrected chi connectivity index (χ3v) is 3.45. The maximum atomic E-state index is 11.9. The summed E-state index contributed by atoms with van der Waals surface area (Å²) in [4.78, 5) is 11.9. The summed E-state index contributed by atoms with van der Waals surface area (Å²) >= 11 is 11.0. The summed E-state index contributed by atoms with van der Waals surface area (Å²) in [6.45, 7) is 1.97. The number of hydrazine groups is 1. The number of carbonyl (C=O) groups is 1. The molecule has 0 atom stereocenters. The highest BCUT2D eigenvalue weighted by atomic mass is 35.5. The van der Waals surface area contributed by atoms with E-state index in [2.05, 4.69) is 16.2 Å². The number of aryl methyl sites for hydroxylation is 1. The molecule has 0 unspecified atom stereocenters. The third-order valence-electron chi connectivity index (χ3n) is 3.01. The van der Waals surface area contributed by atoms with E-state index in [1.807, 2.05) is 43.3 Å². The van der Waals surface area contributed by atoms with Gasteiger partial charge in [0.1, 0.15) is 0 Å². The van der Waals surface area contributed by atoms with Crippen LogP contribution in [-0.2, 0) is 11.2 Å². The molecule has 114 valence electrons. The van der Waals surface area contributed by atoms with Crippen LogP contribution in [0, 0.1) is 6.92 Å². The standard InChI is InChI=1S/C16H16ClN3OS/c1-11-5-2-3-6-12(11)9-15(21)19-20-16(22)18-14-8-4-7-13(17)10-14/h2-8,10H,9H2,1H3,(H,19,21)(H2,18,20,22). The summed E-state index contributed by atoms with van der Waals surface area (Å²) in [5, 5.41) is 3.83. The smallest absolute Gasteiger partial charge is 0.242 e. The van der Waals surface area contributed by atoms with E-state index in [1.54, 1.807) is 12.1 Å². The fourth-order valence-corrected chi connectivity index (χ4v) is 2.24. The predicted molar refractivity (Wildman–Crippen MR) is 93.8 cm³/mol. The van der Waals surface area contributed by atoms with Crippen molar-refractivity contribution in [1.29, 1.82) is 0 Å². The zero-order valence-corrected chi connectivity index (χ0v) is 13.6. The summed E-state index contributed by atoms with van der Waals surface area (Å²) in [5.74, 6) is -0.162. The number of anilines is 1. The summed E-state index contributed by atoms with van der Waals surface area (Å²) < 4.78 is 0. The van der Waals surface area contributed by atoms with Gasteiger partial charge in [-0.2, -0.15) is 0 Å². The zero-order valence-electron chi connectivity index (χ0n) is 12.0. The molecule has 3 N–H and O–H groups in total. The minimum atomic E-state index is -0.162. The summed E-state index contributed by atoms with van der Waals surface area (Å²) in [5.41, 5.74) is 8.05. The number of halogens is 1. The van der Waals surface area contributed by atoms with E-state index in [0.29, 0.717) is 16.6 Å². The second kappa shape index (κ2) is 7.77. The molecule has 0 saturated heterocycles. The molecule has 22 heavy (non-hydrogen) atoms. The van der Waals surface area contributed by atoms with Crippen molar-refractivity contribution in [3.8, 4) is 0 Å². The van der Waals surface area contributed by atoms with Crippen molar-refractivity contribution in [2.45, 2.75) is 13.3 Å². The Bertz CT molecular complexity index is 691. The lowest BCUT2D eigenvalue weighted by molar-refractivity contribution is -0.121. The Morgan fingerprint density at radius 1 is 1.14 bits per heavy atom. The highest BCUT2D eigenvalue weighted by molar-refractivity contribution is 7.80. The van der Waals surface area contributed by atoms with Crippen LogP contribution in [0.25, 0.3) is 0 Å². The average molecular weight is 334 g/mol. The molecular weight excluding hydrogens is 318 g/mol. The third kappa shape index (κ3) is 5.02. The predicted octanol–water partition coefficient (Wildman–Crippen LogP) is 3.21. The fraction of sp³-hybridized carbons (Fsp3) is 0.125. The van der Waals surface area contributed by atoms with Gasteiger partial charge in [0, 0.05) is 10.7 Å². The van der Waals surface area contributed by atoms with Crippen LogP contribution in [0.1, 0.15) is 11.1 Å². The topological polar surface area (TPSA) is 53.2 Å². The fourth-order valence-electron chi connectivity index (χ4n) is 1.88. The van der Waals surface area contributed by atoms with E-state index in [9.17, 15) is 4.79 Å². The number of carbonyl (C=O) groups excluding carboxylic acids is 1. The Morgan fingerprint density at radius 2 is 1.91 bits per heavy atom. The van der Waals surface area contributed by atoms with Gasteiger partial charge in [0.05, 0.1) is 6.42 Å². The van der Waals surface area contributed by atoms with Crippen LogP contribution in [0.2, 0.25) is 5.02 Å². The van der Waals surface area contributed by atoms with Gasteiger partial charge in [0.25, 0.3) is 0 Å². The number of hydrogen-bond donors (Lipinski definition) is 3. The minimum Gasteiger partial charge on any atom is -0.331 e. The molecule has 0 aliphatic heterocycles. The SMILES string of the molecule is Cc1ccccc1CC(=O)NNC(=S)Nc1cccc(Cl)c1. The lowest BCUT2D eigenvalue weighted by atomic mass is 10.1. The lowest BCUT2D eigenvalue weighted by Crippen LogP contribution is -2.44. The second-order valence-electron chi connectivity index (χ2n) is 4.74. The van der Waals surface area contributed by atoms with Gasteiger partial charge in [0.15, 0.2) is 5.11 Å². The maximum Gasteiger partial charge on any atom is 0.242 e. The van der Waals surface area contributed by atoms with Crippen molar-refractivity contribution in [2.75, 3.05) is 5.32 Å². The molecule has 2 aromatic rings. The van der Waals surface area contributed by atoms with Gasteiger partial charge in [-0.15, -0.1) is 0 Å². The lowest BCUT2D eigenvalue weighted by Gasteiger charge is -2.12.